The van der Waals surface area contributed by atoms with Gasteiger partial charge in [0.1, 0.15) is 0 Å². The van der Waals surface area contributed by atoms with Crippen LogP contribution in [0.15, 0.2) is 16.3 Å². The highest BCUT2D eigenvalue weighted by Crippen LogP contribution is 2.19. The molecule has 0 spiro atoms. The number of hydrogen-bond acceptors (Lipinski definition) is 6. The first-order chi connectivity index (χ1) is 9.12. The van der Waals surface area contributed by atoms with Crippen LogP contribution in [-0.4, -0.2) is 46.3 Å². The number of hydrogen-bond donors (Lipinski definition) is 2. The second kappa shape index (κ2) is 6.78. The van der Waals surface area contributed by atoms with Gasteiger partial charge in [-0.25, -0.2) is 13.4 Å². The Morgan fingerprint density at radius 1 is 1.42 bits per heavy atom. The van der Waals surface area contributed by atoms with E-state index in [2.05, 4.69) is 10.1 Å². The van der Waals surface area contributed by atoms with Crippen molar-refractivity contribution in [1.82, 2.24) is 15.2 Å². The molecule has 0 aromatic carbocycles. The van der Waals surface area contributed by atoms with Crippen molar-refractivity contribution in [2.24, 2.45) is 0 Å². The van der Waals surface area contributed by atoms with Gasteiger partial charge in [0.05, 0.1) is 18.1 Å². The highest BCUT2D eigenvalue weighted by Gasteiger charge is 2.21. The minimum Gasteiger partial charge on any atom is -0.379 e. The van der Waals surface area contributed by atoms with Crippen LogP contribution in [0.3, 0.4) is 0 Å². The summed E-state index contributed by atoms with van der Waals surface area (Å²) >= 11 is 1.45. The normalized spacial score (nSPS) is 17.7. The third-order valence-corrected chi connectivity index (χ3v) is 5.19. The Hall–Kier alpha value is -0.510. The van der Waals surface area contributed by atoms with Gasteiger partial charge in [-0.1, -0.05) is 6.92 Å². The molecule has 1 aliphatic rings. The molecular weight excluding hydrogens is 286 g/mol. The molecule has 1 aromatic rings. The fourth-order valence-corrected chi connectivity index (χ4v) is 4.09. The summed E-state index contributed by atoms with van der Waals surface area (Å²) in [5.41, 5.74) is 0. The van der Waals surface area contributed by atoms with Gasteiger partial charge in [-0.05, 0) is 12.6 Å². The van der Waals surface area contributed by atoms with Gasteiger partial charge >= 0.3 is 0 Å². The quantitative estimate of drug-likeness (QED) is 0.795. The molecule has 1 saturated heterocycles. The van der Waals surface area contributed by atoms with Gasteiger partial charge in [-0.2, -0.15) is 0 Å². The molecule has 2 rings (SSSR count). The van der Waals surface area contributed by atoms with Crippen LogP contribution in [0.2, 0.25) is 0 Å². The van der Waals surface area contributed by atoms with Crippen molar-refractivity contribution in [1.29, 1.82) is 0 Å². The lowest BCUT2D eigenvalue weighted by Crippen LogP contribution is -2.48. The van der Waals surface area contributed by atoms with E-state index in [1.807, 2.05) is 6.92 Å². The van der Waals surface area contributed by atoms with Crippen molar-refractivity contribution >= 4 is 21.4 Å². The lowest BCUT2D eigenvalue weighted by atomic mass is 10.4. The predicted molar refractivity (Wildman–Crippen MR) is 74.4 cm³/mol. The topological polar surface area (TPSA) is 70.7 Å². The highest BCUT2D eigenvalue weighted by molar-refractivity contribution is 7.89. The Kier molecular flexibility index (Phi) is 5.31. The zero-order valence-corrected chi connectivity index (χ0v) is 12.5. The second-order valence-electron chi connectivity index (χ2n) is 4.22. The SMILES string of the molecule is CCNCc1cc(S(=O)(=O)NN2CCOCC2)cs1. The van der Waals surface area contributed by atoms with Gasteiger partial charge < -0.3 is 10.1 Å². The lowest BCUT2D eigenvalue weighted by molar-refractivity contribution is 0.0272. The van der Waals surface area contributed by atoms with Crippen molar-refractivity contribution in [2.45, 2.75) is 18.4 Å². The molecule has 108 valence electrons. The van der Waals surface area contributed by atoms with Crippen LogP contribution in [0.25, 0.3) is 0 Å². The van der Waals surface area contributed by atoms with Crippen molar-refractivity contribution in [3.05, 3.63) is 16.3 Å². The zero-order valence-electron chi connectivity index (χ0n) is 10.9. The molecular formula is C11H19N3O3S2. The summed E-state index contributed by atoms with van der Waals surface area (Å²) in [5.74, 6) is 0. The third-order valence-electron chi connectivity index (χ3n) is 2.75. The molecule has 1 fully saturated rings. The summed E-state index contributed by atoms with van der Waals surface area (Å²) < 4.78 is 29.5. The first-order valence-electron chi connectivity index (χ1n) is 6.25. The molecule has 19 heavy (non-hydrogen) atoms. The second-order valence-corrected chi connectivity index (χ2v) is 6.88. The predicted octanol–water partition coefficient (Wildman–Crippen LogP) is 0.383. The van der Waals surface area contributed by atoms with E-state index in [9.17, 15) is 8.42 Å². The average molecular weight is 305 g/mol. The van der Waals surface area contributed by atoms with E-state index in [0.29, 0.717) is 37.7 Å². The van der Waals surface area contributed by atoms with E-state index < -0.39 is 10.0 Å². The molecule has 0 saturated carbocycles. The number of hydrazine groups is 1. The van der Waals surface area contributed by atoms with Gasteiger partial charge in [0.2, 0.25) is 0 Å². The number of rotatable bonds is 6. The minimum atomic E-state index is -3.46. The monoisotopic (exact) mass is 305 g/mol. The van der Waals surface area contributed by atoms with Crippen LogP contribution in [0.5, 0.6) is 0 Å². The molecule has 8 heteroatoms. The van der Waals surface area contributed by atoms with Gasteiger partial charge in [0.15, 0.2) is 0 Å². The number of sulfonamides is 1. The fraction of sp³-hybridized carbons (Fsp3) is 0.636. The summed E-state index contributed by atoms with van der Waals surface area (Å²) in [7, 11) is -3.46. The van der Waals surface area contributed by atoms with Crippen LogP contribution in [0.1, 0.15) is 11.8 Å². The maximum absolute atomic E-state index is 12.2. The summed E-state index contributed by atoms with van der Waals surface area (Å²) in [5, 5.41) is 6.54. The van der Waals surface area contributed by atoms with Crippen LogP contribution in [0, 0.1) is 0 Å². The molecule has 0 atom stereocenters. The van der Waals surface area contributed by atoms with Crippen LogP contribution < -0.4 is 10.1 Å². The summed E-state index contributed by atoms with van der Waals surface area (Å²) in [6.07, 6.45) is 0. The van der Waals surface area contributed by atoms with Gasteiger partial charge in [-0.15, -0.1) is 16.2 Å². The standard InChI is InChI=1S/C11H19N3O3S2/c1-2-12-8-10-7-11(9-18-10)19(15,16)13-14-3-5-17-6-4-14/h7,9,12-13H,2-6,8H2,1H3. The summed E-state index contributed by atoms with van der Waals surface area (Å²) in [4.78, 5) is 3.94. The molecule has 6 nitrogen and oxygen atoms in total. The fourth-order valence-electron chi connectivity index (χ4n) is 1.72. The Bertz CT molecular complexity index is 495. The summed E-state index contributed by atoms with van der Waals surface area (Å²) in [6, 6.07) is 1.72. The van der Waals surface area contributed by atoms with E-state index in [1.54, 1.807) is 16.5 Å². The lowest BCUT2D eigenvalue weighted by Gasteiger charge is -2.26. The Labute approximate surface area is 117 Å². The maximum Gasteiger partial charge on any atom is 0.254 e. The van der Waals surface area contributed by atoms with E-state index in [-0.39, 0.29) is 0 Å². The Morgan fingerprint density at radius 2 is 2.16 bits per heavy atom. The average Bonchev–Trinajstić information content (AvgIpc) is 2.86. The Balaban J connectivity index is 1.99. The largest absolute Gasteiger partial charge is 0.379 e. The minimum absolute atomic E-state index is 0.330. The maximum atomic E-state index is 12.2. The molecule has 0 aliphatic carbocycles. The van der Waals surface area contributed by atoms with E-state index >= 15 is 0 Å². The van der Waals surface area contributed by atoms with Crippen molar-refractivity contribution < 1.29 is 13.2 Å². The molecule has 0 bridgehead atoms. The smallest absolute Gasteiger partial charge is 0.254 e. The Morgan fingerprint density at radius 3 is 2.84 bits per heavy atom. The molecule has 0 amide bonds. The molecule has 2 N–H and O–H groups in total. The highest BCUT2D eigenvalue weighted by atomic mass is 32.2. The number of nitrogens with one attached hydrogen (secondary N) is 2. The van der Waals surface area contributed by atoms with Crippen molar-refractivity contribution in [3.63, 3.8) is 0 Å². The van der Waals surface area contributed by atoms with Crippen LogP contribution in [0.4, 0.5) is 0 Å². The molecule has 1 aliphatic heterocycles. The van der Waals surface area contributed by atoms with E-state index in [0.717, 1.165) is 11.4 Å². The number of thiophene rings is 1. The van der Waals surface area contributed by atoms with E-state index in [1.165, 1.54) is 11.3 Å². The molecule has 0 unspecified atom stereocenters. The number of nitrogens with zero attached hydrogens (tertiary/aromatic N) is 1. The number of morpholine rings is 1. The van der Waals surface area contributed by atoms with E-state index in [4.69, 9.17) is 4.74 Å². The first-order valence-corrected chi connectivity index (χ1v) is 8.61. The zero-order chi connectivity index (χ0) is 13.7. The molecule has 1 aromatic heterocycles. The van der Waals surface area contributed by atoms with Gasteiger partial charge in [0.25, 0.3) is 10.0 Å². The van der Waals surface area contributed by atoms with Crippen molar-refractivity contribution in [2.75, 3.05) is 32.8 Å². The van der Waals surface area contributed by atoms with Crippen molar-refractivity contribution in [3.8, 4) is 0 Å². The summed E-state index contributed by atoms with van der Waals surface area (Å²) in [6.45, 7) is 5.85. The van der Waals surface area contributed by atoms with Gasteiger partial charge in [0, 0.05) is 29.9 Å². The number of ether oxygens (including phenoxy) is 1. The first kappa shape index (κ1) is 14.9. The van der Waals surface area contributed by atoms with Crippen LogP contribution >= 0.6 is 11.3 Å². The third kappa shape index (κ3) is 4.23. The molecule has 0 radical (unpaired) electrons. The van der Waals surface area contributed by atoms with Crippen LogP contribution in [-0.2, 0) is 21.3 Å². The molecule has 2 heterocycles. The van der Waals surface area contributed by atoms with Gasteiger partial charge in [-0.3, -0.25) is 0 Å².